The Morgan fingerprint density at radius 1 is 1.62 bits per heavy atom. The average molecular weight is 242 g/mol. The van der Waals surface area contributed by atoms with Crippen molar-refractivity contribution in [2.45, 2.75) is 6.92 Å². The van der Waals surface area contributed by atoms with Gasteiger partial charge in [-0.2, -0.15) is 4.99 Å². The van der Waals surface area contributed by atoms with E-state index in [0.29, 0.717) is 12.3 Å². The highest BCUT2D eigenvalue weighted by Gasteiger charge is 2.00. The van der Waals surface area contributed by atoms with Crippen LogP contribution >= 0.6 is 15.9 Å². The molecule has 3 nitrogen and oxygen atoms in total. The predicted octanol–water partition coefficient (Wildman–Crippen LogP) is 2.82. The second kappa shape index (κ2) is 4.80. The number of aliphatic imine (C=N–C) groups is 1. The summed E-state index contributed by atoms with van der Waals surface area (Å²) in [5.74, 6) is 0.743. The zero-order valence-corrected chi connectivity index (χ0v) is 8.67. The number of hydrogen-bond donors (Lipinski definition) is 0. The molecule has 0 fully saturated rings. The first kappa shape index (κ1) is 9.96. The lowest BCUT2D eigenvalue weighted by Crippen LogP contribution is -1.91. The Kier molecular flexibility index (Phi) is 3.68. The maximum absolute atomic E-state index is 9.96. The van der Waals surface area contributed by atoms with Crippen molar-refractivity contribution < 1.29 is 9.53 Å². The summed E-state index contributed by atoms with van der Waals surface area (Å²) >= 11 is 3.30. The van der Waals surface area contributed by atoms with Crippen LogP contribution in [0, 0.1) is 0 Å². The minimum absolute atomic E-state index is 0.560. The van der Waals surface area contributed by atoms with Gasteiger partial charge in [-0.15, -0.1) is 0 Å². The van der Waals surface area contributed by atoms with Gasteiger partial charge in [0.2, 0.25) is 6.08 Å². The number of benzene rings is 1. The molecule has 0 saturated carbocycles. The van der Waals surface area contributed by atoms with E-state index < -0.39 is 0 Å². The molecule has 1 aromatic rings. The smallest absolute Gasteiger partial charge is 0.240 e. The Morgan fingerprint density at radius 2 is 2.38 bits per heavy atom. The molecule has 13 heavy (non-hydrogen) atoms. The molecule has 68 valence electrons. The van der Waals surface area contributed by atoms with Crippen LogP contribution in [0.4, 0.5) is 5.69 Å². The van der Waals surface area contributed by atoms with Crippen molar-refractivity contribution in [1.82, 2.24) is 0 Å². The number of hydrogen-bond acceptors (Lipinski definition) is 3. The fraction of sp³-hybridized carbons (Fsp3) is 0.222. The lowest BCUT2D eigenvalue weighted by molar-refractivity contribution is 0.338. The molecular formula is C9H8BrNO2. The van der Waals surface area contributed by atoms with Crippen LogP contribution in [-0.4, -0.2) is 12.7 Å². The van der Waals surface area contributed by atoms with E-state index in [-0.39, 0.29) is 0 Å². The average Bonchev–Trinajstić information content (AvgIpc) is 2.10. The summed E-state index contributed by atoms with van der Waals surface area (Å²) < 4.78 is 6.07. The number of nitrogens with zero attached hydrogens (tertiary/aromatic N) is 1. The fourth-order valence-corrected chi connectivity index (χ4v) is 1.37. The van der Waals surface area contributed by atoms with Gasteiger partial charge in [-0.05, 0) is 41.1 Å². The lowest BCUT2D eigenvalue weighted by atomic mass is 10.3. The van der Waals surface area contributed by atoms with Gasteiger partial charge in [-0.3, -0.25) is 0 Å². The van der Waals surface area contributed by atoms with Crippen molar-refractivity contribution in [3.8, 4) is 5.75 Å². The van der Waals surface area contributed by atoms with Gasteiger partial charge >= 0.3 is 0 Å². The molecule has 4 heteroatoms. The Morgan fingerprint density at radius 3 is 2.92 bits per heavy atom. The standard InChI is InChI=1S/C9H8BrNO2/c1-2-13-9-4-3-7(11-6-12)5-8(9)10/h3-5H,2H2,1H3. The third-order valence-electron chi connectivity index (χ3n) is 1.39. The maximum atomic E-state index is 9.96. The van der Waals surface area contributed by atoms with Crippen LogP contribution in [0.25, 0.3) is 0 Å². The SMILES string of the molecule is CCOc1ccc(N=C=O)cc1Br. The lowest BCUT2D eigenvalue weighted by Gasteiger charge is -2.04. The van der Waals surface area contributed by atoms with Gasteiger partial charge in [0.25, 0.3) is 0 Å². The normalized spacial score (nSPS) is 9.08. The van der Waals surface area contributed by atoms with Gasteiger partial charge in [-0.1, -0.05) is 0 Å². The summed E-state index contributed by atoms with van der Waals surface area (Å²) in [6, 6.07) is 5.15. The summed E-state index contributed by atoms with van der Waals surface area (Å²) in [6.07, 6.45) is 1.48. The number of halogens is 1. The molecule has 0 radical (unpaired) electrons. The summed E-state index contributed by atoms with van der Waals surface area (Å²) in [5.41, 5.74) is 0.560. The highest BCUT2D eigenvalue weighted by atomic mass is 79.9. The third kappa shape index (κ3) is 2.68. The monoisotopic (exact) mass is 241 g/mol. The summed E-state index contributed by atoms with van der Waals surface area (Å²) in [4.78, 5) is 13.4. The van der Waals surface area contributed by atoms with Crippen molar-refractivity contribution in [1.29, 1.82) is 0 Å². The fourth-order valence-electron chi connectivity index (χ4n) is 0.885. The summed E-state index contributed by atoms with van der Waals surface area (Å²) in [7, 11) is 0. The molecule has 0 saturated heterocycles. The summed E-state index contributed by atoms with van der Waals surface area (Å²) in [6.45, 7) is 2.51. The van der Waals surface area contributed by atoms with Crippen LogP contribution in [0.3, 0.4) is 0 Å². The minimum Gasteiger partial charge on any atom is -0.493 e. The van der Waals surface area contributed by atoms with Crippen LogP contribution in [0.2, 0.25) is 0 Å². The van der Waals surface area contributed by atoms with Gasteiger partial charge in [-0.25, -0.2) is 4.79 Å². The molecule has 0 atom stereocenters. The van der Waals surface area contributed by atoms with Gasteiger partial charge in [0.05, 0.1) is 16.8 Å². The Balaban J connectivity index is 2.97. The molecule has 0 N–H and O–H groups in total. The first-order valence-corrected chi connectivity index (χ1v) is 4.57. The molecule has 0 amide bonds. The van der Waals surface area contributed by atoms with Crippen LogP contribution in [0.15, 0.2) is 27.7 Å². The van der Waals surface area contributed by atoms with E-state index in [9.17, 15) is 4.79 Å². The van der Waals surface area contributed by atoms with E-state index in [4.69, 9.17) is 4.74 Å². The van der Waals surface area contributed by atoms with E-state index in [1.54, 1.807) is 18.2 Å². The van der Waals surface area contributed by atoms with Crippen molar-refractivity contribution in [3.05, 3.63) is 22.7 Å². The van der Waals surface area contributed by atoms with Crippen LogP contribution in [-0.2, 0) is 4.79 Å². The molecular weight excluding hydrogens is 234 g/mol. The van der Waals surface area contributed by atoms with Gasteiger partial charge in [0.15, 0.2) is 0 Å². The molecule has 0 heterocycles. The summed E-state index contributed by atoms with van der Waals surface area (Å²) in [5, 5.41) is 0. The predicted molar refractivity (Wildman–Crippen MR) is 53.1 cm³/mol. The third-order valence-corrected chi connectivity index (χ3v) is 2.01. The largest absolute Gasteiger partial charge is 0.493 e. The van der Waals surface area contributed by atoms with Crippen LogP contribution in [0.5, 0.6) is 5.75 Å². The molecule has 0 aliphatic carbocycles. The van der Waals surface area contributed by atoms with E-state index >= 15 is 0 Å². The molecule has 0 bridgehead atoms. The van der Waals surface area contributed by atoms with E-state index in [1.165, 1.54) is 6.08 Å². The zero-order chi connectivity index (χ0) is 9.68. The van der Waals surface area contributed by atoms with Crippen LogP contribution < -0.4 is 4.74 Å². The highest BCUT2D eigenvalue weighted by Crippen LogP contribution is 2.28. The molecule has 0 aromatic heterocycles. The van der Waals surface area contributed by atoms with Crippen molar-refractivity contribution in [3.63, 3.8) is 0 Å². The molecule has 0 spiro atoms. The number of ether oxygens (including phenoxy) is 1. The van der Waals surface area contributed by atoms with Crippen LogP contribution in [0.1, 0.15) is 6.92 Å². The highest BCUT2D eigenvalue weighted by molar-refractivity contribution is 9.10. The van der Waals surface area contributed by atoms with E-state index in [0.717, 1.165) is 10.2 Å². The molecule has 1 rings (SSSR count). The quantitative estimate of drug-likeness (QED) is 0.603. The number of isocyanates is 1. The topological polar surface area (TPSA) is 38.7 Å². The second-order valence-corrected chi connectivity index (χ2v) is 3.11. The second-order valence-electron chi connectivity index (χ2n) is 2.25. The Labute approximate surface area is 84.6 Å². The Hall–Kier alpha value is -1.12. The number of carbonyl (C=O) groups excluding carboxylic acids is 1. The molecule has 0 aliphatic rings. The first-order chi connectivity index (χ1) is 6.27. The van der Waals surface area contributed by atoms with Crippen molar-refractivity contribution in [2.75, 3.05) is 6.61 Å². The first-order valence-electron chi connectivity index (χ1n) is 3.78. The van der Waals surface area contributed by atoms with E-state index in [1.807, 2.05) is 6.92 Å². The van der Waals surface area contributed by atoms with Crippen molar-refractivity contribution in [2.24, 2.45) is 4.99 Å². The maximum Gasteiger partial charge on any atom is 0.240 e. The molecule has 0 unspecified atom stereocenters. The molecule has 1 aromatic carbocycles. The van der Waals surface area contributed by atoms with Gasteiger partial charge in [0.1, 0.15) is 5.75 Å². The zero-order valence-electron chi connectivity index (χ0n) is 7.08. The van der Waals surface area contributed by atoms with Gasteiger partial charge < -0.3 is 4.74 Å². The molecule has 0 aliphatic heterocycles. The van der Waals surface area contributed by atoms with Crippen molar-refractivity contribution >= 4 is 27.7 Å². The number of rotatable bonds is 3. The van der Waals surface area contributed by atoms with Gasteiger partial charge in [0, 0.05) is 0 Å². The Bertz CT molecular complexity index is 345. The van der Waals surface area contributed by atoms with E-state index in [2.05, 4.69) is 20.9 Å². The minimum atomic E-state index is 0.560.